The molecule has 25 heavy (non-hydrogen) atoms. The number of nitrogens with one attached hydrogen (secondary N) is 1. The van der Waals surface area contributed by atoms with Crippen LogP contribution in [0.3, 0.4) is 0 Å². The van der Waals surface area contributed by atoms with Crippen LogP contribution in [0.1, 0.15) is 10.4 Å². The van der Waals surface area contributed by atoms with E-state index in [4.69, 9.17) is 11.6 Å². The zero-order valence-corrected chi connectivity index (χ0v) is 14.7. The molecule has 130 valence electrons. The van der Waals surface area contributed by atoms with E-state index in [2.05, 4.69) is 21.8 Å². The highest BCUT2D eigenvalue weighted by molar-refractivity contribution is 6.30. The molecule has 0 unspecified atom stereocenters. The molecule has 1 saturated heterocycles. The molecule has 6 heteroatoms. The van der Waals surface area contributed by atoms with Crippen molar-refractivity contribution in [3.63, 3.8) is 0 Å². The lowest BCUT2D eigenvalue weighted by molar-refractivity contribution is 0.0746. The summed E-state index contributed by atoms with van der Waals surface area (Å²) in [6, 6.07) is 9.65. The summed E-state index contributed by atoms with van der Waals surface area (Å²) < 4.78 is 0. The number of pyridine rings is 1. The highest BCUT2D eigenvalue weighted by Gasteiger charge is 2.22. The number of hydrogen-bond donors (Lipinski definition) is 1. The summed E-state index contributed by atoms with van der Waals surface area (Å²) in [5.41, 5.74) is 2.52. The highest BCUT2D eigenvalue weighted by atomic mass is 35.5. The number of piperazine rings is 1. The summed E-state index contributed by atoms with van der Waals surface area (Å²) in [5, 5.41) is 3.88. The molecule has 3 rings (SSSR count). The van der Waals surface area contributed by atoms with E-state index in [-0.39, 0.29) is 5.91 Å². The Labute approximate surface area is 152 Å². The van der Waals surface area contributed by atoms with Gasteiger partial charge in [-0.2, -0.15) is 0 Å². The van der Waals surface area contributed by atoms with Crippen LogP contribution in [-0.2, 0) is 0 Å². The molecule has 0 atom stereocenters. The molecular formula is C19H21ClN4O. The molecule has 0 saturated carbocycles. The van der Waals surface area contributed by atoms with Crippen molar-refractivity contribution < 1.29 is 4.79 Å². The Kier molecular flexibility index (Phi) is 5.56. The first-order chi connectivity index (χ1) is 12.2. The Morgan fingerprint density at radius 3 is 2.76 bits per heavy atom. The lowest BCUT2D eigenvalue weighted by atomic mass is 10.2. The number of rotatable bonds is 5. The van der Waals surface area contributed by atoms with Gasteiger partial charge >= 0.3 is 0 Å². The molecular weight excluding hydrogens is 336 g/mol. The standard InChI is InChI=1S/C19H21ClN4O/c1-2-6-22-17-11-15(13-21-14-17)19(25)24-9-7-23(8-10-24)18-5-3-4-16(20)12-18/h2-5,11-14,22H,1,6-10H2. The number of carbonyl (C=O) groups excluding carboxylic acids is 1. The van der Waals surface area contributed by atoms with Crippen LogP contribution in [-0.4, -0.2) is 48.5 Å². The van der Waals surface area contributed by atoms with Gasteiger partial charge in [-0.1, -0.05) is 23.7 Å². The molecule has 0 aliphatic carbocycles. The second kappa shape index (κ2) is 8.03. The first kappa shape index (κ1) is 17.3. The minimum atomic E-state index is 0.0143. The van der Waals surface area contributed by atoms with E-state index < -0.39 is 0 Å². The fourth-order valence-electron chi connectivity index (χ4n) is 2.87. The lowest BCUT2D eigenvalue weighted by Crippen LogP contribution is -2.48. The molecule has 2 aromatic rings. The van der Waals surface area contributed by atoms with Crippen molar-refractivity contribution in [1.29, 1.82) is 0 Å². The second-order valence-corrected chi connectivity index (χ2v) is 6.33. The molecule has 1 fully saturated rings. The number of anilines is 2. The Morgan fingerprint density at radius 2 is 2.04 bits per heavy atom. The van der Waals surface area contributed by atoms with Crippen LogP contribution in [0, 0.1) is 0 Å². The number of halogens is 1. The van der Waals surface area contributed by atoms with E-state index in [9.17, 15) is 4.79 Å². The van der Waals surface area contributed by atoms with E-state index in [0.29, 0.717) is 25.2 Å². The topological polar surface area (TPSA) is 48.5 Å². The normalized spacial score (nSPS) is 14.3. The van der Waals surface area contributed by atoms with Crippen molar-refractivity contribution in [2.45, 2.75) is 0 Å². The van der Waals surface area contributed by atoms with E-state index in [1.165, 1.54) is 0 Å². The molecule has 1 aromatic heterocycles. The Morgan fingerprint density at radius 1 is 1.24 bits per heavy atom. The predicted molar refractivity (Wildman–Crippen MR) is 102 cm³/mol. The molecule has 0 bridgehead atoms. The first-order valence-electron chi connectivity index (χ1n) is 8.27. The molecule has 1 aliphatic rings. The molecule has 1 N–H and O–H groups in total. The highest BCUT2D eigenvalue weighted by Crippen LogP contribution is 2.21. The monoisotopic (exact) mass is 356 g/mol. The summed E-state index contributed by atoms with van der Waals surface area (Å²) in [4.78, 5) is 21.0. The Balaban J connectivity index is 1.62. The second-order valence-electron chi connectivity index (χ2n) is 5.89. The lowest BCUT2D eigenvalue weighted by Gasteiger charge is -2.36. The summed E-state index contributed by atoms with van der Waals surface area (Å²) in [7, 11) is 0. The van der Waals surface area contributed by atoms with Crippen molar-refractivity contribution in [3.8, 4) is 0 Å². The van der Waals surface area contributed by atoms with Gasteiger partial charge in [0.2, 0.25) is 0 Å². The number of aromatic nitrogens is 1. The fourth-order valence-corrected chi connectivity index (χ4v) is 3.05. The molecule has 5 nitrogen and oxygen atoms in total. The van der Waals surface area contributed by atoms with E-state index >= 15 is 0 Å². The summed E-state index contributed by atoms with van der Waals surface area (Å²) >= 11 is 6.06. The smallest absolute Gasteiger partial charge is 0.255 e. The number of benzene rings is 1. The molecule has 2 heterocycles. The maximum absolute atomic E-state index is 12.7. The molecule has 0 spiro atoms. The van der Waals surface area contributed by atoms with Crippen LogP contribution >= 0.6 is 11.6 Å². The first-order valence-corrected chi connectivity index (χ1v) is 8.65. The Bertz CT molecular complexity index is 757. The van der Waals surface area contributed by atoms with Crippen molar-refractivity contribution >= 4 is 28.9 Å². The van der Waals surface area contributed by atoms with Crippen LogP contribution < -0.4 is 10.2 Å². The molecule has 1 aromatic carbocycles. The van der Waals surface area contributed by atoms with Crippen molar-refractivity contribution in [2.75, 3.05) is 42.9 Å². The van der Waals surface area contributed by atoms with Gasteiger partial charge in [0.05, 0.1) is 11.3 Å². The molecule has 0 radical (unpaired) electrons. The average molecular weight is 357 g/mol. The van der Waals surface area contributed by atoms with Gasteiger partial charge in [0, 0.05) is 55.8 Å². The summed E-state index contributed by atoms with van der Waals surface area (Å²) in [6.07, 6.45) is 5.09. The van der Waals surface area contributed by atoms with Crippen LogP contribution in [0.15, 0.2) is 55.4 Å². The van der Waals surface area contributed by atoms with E-state index in [1.54, 1.807) is 18.5 Å². The van der Waals surface area contributed by atoms with Crippen LogP contribution in [0.2, 0.25) is 5.02 Å². The average Bonchev–Trinajstić information content (AvgIpc) is 2.66. The maximum atomic E-state index is 12.7. The molecule has 1 aliphatic heterocycles. The van der Waals surface area contributed by atoms with E-state index in [0.717, 1.165) is 29.5 Å². The third-order valence-corrected chi connectivity index (χ3v) is 4.41. The number of amides is 1. The third kappa shape index (κ3) is 4.31. The van der Waals surface area contributed by atoms with Crippen molar-refractivity contribution in [1.82, 2.24) is 9.88 Å². The predicted octanol–water partition coefficient (Wildman–Crippen LogP) is 3.30. The van der Waals surface area contributed by atoms with E-state index in [1.807, 2.05) is 35.2 Å². The quantitative estimate of drug-likeness (QED) is 0.835. The maximum Gasteiger partial charge on any atom is 0.255 e. The van der Waals surface area contributed by atoms with Crippen molar-refractivity contribution in [3.05, 3.63) is 66.0 Å². The number of hydrogen-bond acceptors (Lipinski definition) is 4. The van der Waals surface area contributed by atoms with Crippen LogP contribution in [0.5, 0.6) is 0 Å². The third-order valence-electron chi connectivity index (χ3n) is 4.18. The summed E-state index contributed by atoms with van der Waals surface area (Å²) in [6.45, 7) is 7.23. The SMILES string of the molecule is C=CCNc1cncc(C(=O)N2CCN(c3cccc(Cl)c3)CC2)c1. The van der Waals surface area contributed by atoms with Gasteiger partial charge in [-0.05, 0) is 24.3 Å². The van der Waals surface area contributed by atoms with Gasteiger partial charge in [-0.25, -0.2) is 0 Å². The van der Waals surface area contributed by atoms with Gasteiger partial charge in [0.25, 0.3) is 5.91 Å². The van der Waals surface area contributed by atoms with Gasteiger partial charge in [-0.3, -0.25) is 9.78 Å². The zero-order valence-electron chi connectivity index (χ0n) is 14.0. The fraction of sp³-hybridized carbons (Fsp3) is 0.263. The van der Waals surface area contributed by atoms with Crippen LogP contribution in [0.4, 0.5) is 11.4 Å². The van der Waals surface area contributed by atoms with Gasteiger partial charge in [-0.15, -0.1) is 6.58 Å². The van der Waals surface area contributed by atoms with Gasteiger partial charge in [0.1, 0.15) is 0 Å². The largest absolute Gasteiger partial charge is 0.380 e. The molecule has 1 amide bonds. The van der Waals surface area contributed by atoms with Gasteiger partial charge < -0.3 is 15.1 Å². The minimum absolute atomic E-state index is 0.0143. The number of nitrogens with zero attached hydrogens (tertiary/aromatic N) is 3. The minimum Gasteiger partial charge on any atom is -0.380 e. The Hall–Kier alpha value is -2.53. The van der Waals surface area contributed by atoms with Gasteiger partial charge in [0.15, 0.2) is 0 Å². The zero-order chi connectivity index (χ0) is 17.6. The van der Waals surface area contributed by atoms with Crippen LogP contribution in [0.25, 0.3) is 0 Å². The van der Waals surface area contributed by atoms with Crippen molar-refractivity contribution in [2.24, 2.45) is 0 Å². The summed E-state index contributed by atoms with van der Waals surface area (Å²) in [5.74, 6) is 0.0143. The number of carbonyl (C=O) groups is 1.